The molecule has 1 aliphatic carbocycles. The standard InChI is InChI=1S/C53H30F6N2/c54-51(55)49-39-23-19-32(31-11-3-1-4-12-31)27-41(39)42-30-36(22-24-40(42)50(49)52(56,57)53(51,58)59)61-46-18-10-8-16-38(46)44-29-34(21-26-48(44)61)33-20-25-47-43(28-33)37-15-7-9-17-45(37)60(47)35-13-5-2-6-14-35/h1-30H. The van der Waals surface area contributed by atoms with Crippen LogP contribution in [0.2, 0.25) is 0 Å². The molecule has 2 aromatic heterocycles. The molecule has 294 valence electrons. The Morgan fingerprint density at radius 1 is 0.279 bits per heavy atom. The van der Waals surface area contributed by atoms with Crippen molar-refractivity contribution in [3.05, 3.63) is 193 Å². The Balaban J connectivity index is 1.08. The number of halogens is 6. The van der Waals surface area contributed by atoms with E-state index in [0.717, 1.165) is 66.0 Å². The van der Waals surface area contributed by atoms with E-state index in [-0.39, 0.29) is 21.5 Å². The van der Waals surface area contributed by atoms with Crippen LogP contribution in [0, 0.1) is 0 Å². The zero-order chi connectivity index (χ0) is 41.4. The molecule has 0 saturated carbocycles. The topological polar surface area (TPSA) is 9.86 Å². The molecule has 2 nitrogen and oxygen atoms in total. The second-order valence-electron chi connectivity index (χ2n) is 15.8. The molecule has 1 aliphatic rings. The number of hydrogen-bond acceptors (Lipinski definition) is 0. The lowest BCUT2D eigenvalue weighted by Gasteiger charge is -2.23. The van der Waals surface area contributed by atoms with Crippen molar-refractivity contribution >= 4 is 65.2 Å². The van der Waals surface area contributed by atoms with E-state index in [1.165, 1.54) is 18.2 Å². The van der Waals surface area contributed by atoms with Gasteiger partial charge in [0.15, 0.2) is 0 Å². The van der Waals surface area contributed by atoms with Crippen molar-refractivity contribution in [2.24, 2.45) is 0 Å². The summed E-state index contributed by atoms with van der Waals surface area (Å²) in [6, 6.07) is 57.3. The van der Waals surface area contributed by atoms with Gasteiger partial charge in [-0.15, -0.1) is 0 Å². The van der Waals surface area contributed by atoms with E-state index >= 15 is 26.3 Å². The number of fused-ring (bicyclic) bond motifs is 12. The Hall–Kier alpha value is -7.32. The van der Waals surface area contributed by atoms with E-state index in [4.69, 9.17) is 0 Å². The molecule has 12 rings (SSSR count). The third-order valence-electron chi connectivity index (χ3n) is 12.6. The zero-order valence-corrected chi connectivity index (χ0v) is 32.0. The highest BCUT2D eigenvalue weighted by molar-refractivity contribution is 6.16. The smallest absolute Gasteiger partial charge is 0.309 e. The minimum absolute atomic E-state index is 0.169. The molecule has 0 saturated heterocycles. The SMILES string of the molecule is FC1(F)c2c(c3ccc(-n4c5ccccc5c5cc(-c6ccc7c(c6)c6ccccc6n7-c6ccccc6)ccc54)cc3c3cc(-c4ccccc4)ccc23)C(F)(F)C1(F)F. The van der Waals surface area contributed by atoms with Crippen molar-refractivity contribution in [3.63, 3.8) is 0 Å². The maximum Gasteiger partial charge on any atom is 0.380 e. The van der Waals surface area contributed by atoms with Gasteiger partial charge in [-0.1, -0.05) is 115 Å². The molecular weight excluding hydrogens is 779 g/mol. The summed E-state index contributed by atoms with van der Waals surface area (Å²) in [5.41, 5.74) is 6.23. The van der Waals surface area contributed by atoms with Crippen molar-refractivity contribution in [1.82, 2.24) is 9.13 Å². The van der Waals surface area contributed by atoms with Crippen LogP contribution in [0.25, 0.3) is 98.8 Å². The average Bonchev–Trinajstić information content (AvgIpc) is 3.84. The maximum absolute atomic E-state index is 15.8. The molecule has 0 fully saturated rings. The highest BCUT2D eigenvalue weighted by Crippen LogP contribution is 2.66. The summed E-state index contributed by atoms with van der Waals surface area (Å²) in [5, 5.41) is 3.80. The molecule has 61 heavy (non-hydrogen) atoms. The number of benzene rings is 9. The Morgan fingerprint density at radius 3 is 1.26 bits per heavy atom. The predicted molar refractivity (Wildman–Crippen MR) is 234 cm³/mol. The van der Waals surface area contributed by atoms with Crippen molar-refractivity contribution in [3.8, 4) is 33.6 Å². The fraction of sp³-hybridized carbons (Fsp3) is 0.0566. The number of alkyl halides is 6. The molecule has 0 unspecified atom stereocenters. The Morgan fingerprint density at radius 2 is 0.689 bits per heavy atom. The summed E-state index contributed by atoms with van der Waals surface area (Å²) in [4.78, 5) is 0. The summed E-state index contributed by atoms with van der Waals surface area (Å²) in [6.45, 7) is 0. The largest absolute Gasteiger partial charge is 0.380 e. The number of aromatic nitrogens is 2. The van der Waals surface area contributed by atoms with E-state index in [2.05, 4.69) is 59.2 Å². The fourth-order valence-electron chi connectivity index (χ4n) is 9.78. The van der Waals surface area contributed by atoms with Crippen molar-refractivity contribution in [2.75, 3.05) is 0 Å². The first-order valence-electron chi connectivity index (χ1n) is 19.9. The lowest BCUT2D eigenvalue weighted by atomic mass is 9.89. The van der Waals surface area contributed by atoms with Gasteiger partial charge in [0.05, 0.1) is 22.1 Å². The molecule has 8 heteroatoms. The molecule has 0 atom stereocenters. The van der Waals surface area contributed by atoms with Crippen LogP contribution in [0.5, 0.6) is 0 Å². The van der Waals surface area contributed by atoms with Gasteiger partial charge in [0.2, 0.25) is 0 Å². The van der Waals surface area contributed by atoms with Crippen LogP contribution in [-0.2, 0) is 11.8 Å². The van der Waals surface area contributed by atoms with Crippen LogP contribution >= 0.6 is 0 Å². The third kappa shape index (κ3) is 4.76. The number of para-hydroxylation sites is 3. The molecular formula is C53H30F6N2. The van der Waals surface area contributed by atoms with Crippen LogP contribution < -0.4 is 0 Å². The molecule has 0 radical (unpaired) electrons. The van der Waals surface area contributed by atoms with E-state index in [1.807, 2.05) is 95.6 Å². The number of hydrogen-bond donors (Lipinski definition) is 0. The van der Waals surface area contributed by atoms with Gasteiger partial charge in [0.25, 0.3) is 0 Å². The zero-order valence-electron chi connectivity index (χ0n) is 32.0. The Kier molecular flexibility index (Phi) is 7.22. The Bertz CT molecular complexity index is 3620. The van der Waals surface area contributed by atoms with E-state index < -0.39 is 28.9 Å². The van der Waals surface area contributed by atoms with Crippen LogP contribution in [0.3, 0.4) is 0 Å². The van der Waals surface area contributed by atoms with Gasteiger partial charge in [-0.25, -0.2) is 0 Å². The van der Waals surface area contributed by atoms with Gasteiger partial charge in [-0.3, -0.25) is 0 Å². The first-order valence-corrected chi connectivity index (χ1v) is 19.9. The normalized spacial score (nSPS) is 15.4. The minimum atomic E-state index is -5.63. The molecule has 0 aliphatic heterocycles. The molecule has 11 aromatic rings. The average molecular weight is 809 g/mol. The van der Waals surface area contributed by atoms with Gasteiger partial charge >= 0.3 is 17.8 Å². The lowest BCUT2D eigenvalue weighted by Crippen LogP contribution is -2.43. The first kappa shape index (κ1) is 35.6. The second kappa shape index (κ2) is 12.4. The fourth-order valence-corrected chi connectivity index (χ4v) is 9.78. The van der Waals surface area contributed by atoms with Crippen molar-refractivity contribution in [2.45, 2.75) is 17.8 Å². The predicted octanol–water partition coefficient (Wildman–Crippen LogP) is 15.4. The number of rotatable bonds is 4. The van der Waals surface area contributed by atoms with Crippen LogP contribution in [0.1, 0.15) is 11.1 Å². The molecule has 2 heterocycles. The summed E-state index contributed by atoms with van der Waals surface area (Å²) in [5.74, 6) is -15.9. The lowest BCUT2D eigenvalue weighted by molar-refractivity contribution is -0.301. The highest BCUT2D eigenvalue weighted by Gasteiger charge is 2.80. The van der Waals surface area contributed by atoms with E-state index in [0.29, 0.717) is 11.3 Å². The maximum atomic E-state index is 15.8. The van der Waals surface area contributed by atoms with Gasteiger partial charge in [-0.2, -0.15) is 26.3 Å². The third-order valence-corrected chi connectivity index (χ3v) is 12.6. The van der Waals surface area contributed by atoms with Crippen molar-refractivity contribution in [1.29, 1.82) is 0 Å². The van der Waals surface area contributed by atoms with Crippen molar-refractivity contribution < 1.29 is 26.3 Å². The summed E-state index contributed by atoms with van der Waals surface area (Å²) >= 11 is 0. The van der Waals surface area contributed by atoms with Gasteiger partial charge in [0.1, 0.15) is 0 Å². The second-order valence-corrected chi connectivity index (χ2v) is 15.8. The first-order chi connectivity index (χ1) is 29.5. The molecule has 0 amide bonds. The molecule has 0 bridgehead atoms. The summed E-state index contributed by atoms with van der Waals surface area (Å²) < 4.78 is 97.6. The van der Waals surface area contributed by atoms with Gasteiger partial charge in [0, 0.05) is 44.0 Å². The Labute approximate surface area is 344 Å². The van der Waals surface area contributed by atoms with Crippen LogP contribution in [0.4, 0.5) is 26.3 Å². The highest BCUT2D eigenvalue weighted by atomic mass is 19.3. The monoisotopic (exact) mass is 808 g/mol. The molecule has 0 spiro atoms. The van der Waals surface area contributed by atoms with Gasteiger partial charge in [-0.05, 0) is 111 Å². The summed E-state index contributed by atoms with van der Waals surface area (Å²) in [7, 11) is 0. The summed E-state index contributed by atoms with van der Waals surface area (Å²) in [6.07, 6.45) is 0. The quantitative estimate of drug-likeness (QED) is 0.124. The molecule has 9 aromatic carbocycles. The van der Waals surface area contributed by atoms with Crippen LogP contribution in [-0.4, -0.2) is 15.1 Å². The van der Waals surface area contributed by atoms with E-state index in [9.17, 15) is 0 Å². The molecule has 0 N–H and O–H groups in total. The van der Waals surface area contributed by atoms with E-state index in [1.54, 1.807) is 18.2 Å². The number of nitrogens with zero attached hydrogens (tertiary/aromatic N) is 2. The van der Waals surface area contributed by atoms with Crippen LogP contribution in [0.15, 0.2) is 182 Å². The van der Waals surface area contributed by atoms with Gasteiger partial charge < -0.3 is 9.13 Å². The minimum Gasteiger partial charge on any atom is -0.309 e.